The van der Waals surface area contributed by atoms with Gasteiger partial charge in [-0.1, -0.05) is 182 Å². The van der Waals surface area contributed by atoms with E-state index >= 15 is 0 Å². The van der Waals surface area contributed by atoms with E-state index in [4.69, 9.17) is 8.83 Å². The van der Waals surface area contributed by atoms with Gasteiger partial charge < -0.3 is 18.6 Å². The summed E-state index contributed by atoms with van der Waals surface area (Å²) in [5, 5.41) is 4.06. The summed E-state index contributed by atoms with van der Waals surface area (Å²) in [6.45, 7) is 0. The van der Waals surface area contributed by atoms with Crippen molar-refractivity contribution in [3.8, 4) is 44.5 Å². The van der Waals surface area contributed by atoms with Crippen LogP contribution in [0.5, 0.6) is 0 Å². The van der Waals surface area contributed by atoms with E-state index in [0.717, 1.165) is 100 Å². The van der Waals surface area contributed by atoms with Gasteiger partial charge in [-0.3, -0.25) is 0 Å². The van der Waals surface area contributed by atoms with Crippen LogP contribution in [0.15, 0.2) is 276 Å². The molecular formula is C66H44N2O2. The van der Waals surface area contributed by atoms with Gasteiger partial charge in [0.05, 0.1) is 0 Å². The average molecular weight is 897 g/mol. The van der Waals surface area contributed by atoms with E-state index in [1.165, 1.54) is 22.3 Å². The van der Waals surface area contributed by atoms with Crippen molar-refractivity contribution in [3.05, 3.63) is 267 Å². The molecule has 0 aliphatic carbocycles. The highest BCUT2D eigenvalue weighted by molar-refractivity contribution is 6.30. The quantitative estimate of drug-likeness (QED) is 0.137. The summed E-state index contributed by atoms with van der Waals surface area (Å²) in [5.74, 6) is 0. The molecule has 0 saturated heterocycles. The standard InChI is InChI=1S/C66H44N2O2/c1-7-19-45(20-8-1)47-31-35-53(36-32-47)67(51-27-15-5-16-28-51)55-39-41-57-59(43-55)69-65-62(50-25-13-4-14-26-50)64-58-42-40-56(44-60(58)70-66(64)61(63(57)65)49-23-11-3-12-24-49)68(52-29-17-6-18-30-52)54-37-33-48(34-38-54)46-21-9-2-10-22-46/h1-44H. The Morgan fingerprint density at radius 1 is 0.229 bits per heavy atom. The van der Waals surface area contributed by atoms with E-state index in [2.05, 4.69) is 277 Å². The molecule has 0 N–H and O–H groups in total. The molecule has 2 aromatic heterocycles. The summed E-state index contributed by atoms with van der Waals surface area (Å²) >= 11 is 0. The molecule has 0 bridgehead atoms. The molecule has 13 rings (SSSR count). The topological polar surface area (TPSA) is 32.8 Å². The van der Waals surface area contributed by atoms with Crippen molar-refractivity contribution in [1.82, 2.24) is 0 Å². The van der Waals surface area contributed by atoms with Crippen LogP contribution < -0.4 is 9.80 Å². The molecule has 0 atom stereocenters. The predicted molar refractivity (Wildman–Crippen MR) is 292 cm³/mol. The Morgan fingerprint density at radius 3 is 0.843 bits per heavy atom. The molecule has 330 valence electrons. The zero-order chi connectivity index (χ0) is 46.4. The van der Waals surface area contributed by atoms with E-state index < -0.39 is 0 Å². The Hall–Kier alpha value is -9.38. The van der Waals surface area contributed by atoms with Gasteiger partial charge in [0.1, 0.15) is 22.3 Å². The second-order valence-corrected chi connectivity index (χ2v) is 17.6. The number of hydrogen-bond donors (Lipinski definition) is 0. The van der Waals surface area contributed by atoms with Crippen molar-refractivity contribution in [1.29, 1.82) is 0 Å². The smallest absolute Gasteiger partial charge is 0.144 e. The Labute approximate surface area is 406 Å². The van der Waals surface area contributed by atoms with E-state index in [1.54, 1.807) is 0 Å². The first-order chi connectivity index (χ1) is 34.7. The third-order valence-corrected chi connectivity index (χ3v) is 13.4. The van der Waals surface area contributed by atoms with Crippen LogP contribution in [-0.4, -0.2) is 0 Å². The van der Waals surface area contributed by atoms with Crippen LogP contribution in [0.25, 0.3) is 88.4 Å². The minimum Gasteiger partial charge on any atom is -0.455 e. The molecule has 0 aliphatic rings. The molecule has 11 aromatic carbocycles. The van der Waals surface area contributed by atoms with Gasteiger partial charge >= 0.3 is 0 Å². The molecule has 0 amide bonds. The summed E-state index contributed by atoms with van der Waals surface area (Å²) in [5.41, 5.74) is 18.2. The zero-order valence-corrected chi connectivity index (χ0v) is 38.1. The Balaban J connectivity index is 1.02. The van der Waals surface area contributed by atoms with Crippen LogP contribution in [0.4, 0.5) is 34.1 Å². The lowest BCUT2D eigenvalue weighted by Crippen LogP contribution is -2.09. The van der Waals surface area contributed by atoms with Gasteiger partial charge in [0.25, 0.3) is 0 Å². The fourth-order valence-electron chi connectivity index (χ4n) is 10.2. The number of anilines is 6. The van der Waals surface area contributed by atoms with Crippen molar-refractivity contribution in [2.75, 3.05) is 9.80 Å². The van der Waals surface area contributed by atoms with Crippen LogP contribution in [0, 0.1) is 0 Å². The predicted octanol–water partition coefficient (Wildman–Crippen LogP) is 19.1. The number of fused-ring (bicyclic) bond motifs is 6. The van der Waals surface area contributed by atoms with Crippen LogP contribution in [-0.2, 0) is 0 Å². The molecule has 13 aromatic rings. The minimum absolute atomic E-state index is 0.791. The highest BCUT2D eigenvalue weighted by Crippen LogP contribution is 2.52. The van der Waals surface area contributed by atoms with Crippen molar-refractivity contribution in [2.45, 2.75) is 0 Å². The highest BCUT2D eigenvalue weighted by atomic mass is 16.3. The lowest BCUT2D eigenvalue weighted by atomic mass is 9.90. The third-order valence-electron chi connectivity index (χ3n) is 13.4. The molecule has 4 heteroatoms. The maximum Gasteiger partial charge on any atom is 0.144 e. The highest BCUT2D eigenvalue weighted by Gasteiger charge is 2.28. The SMILES string of the molecule is c1ccc(-c2ccc(N(c3ccccc3)c3ccc4c(c3)oc3c(-c5ccccc5)c5c(oc6cc(N(c7ccccc7)c7ccc(-c8ccccc8)cc7)ccc65)c(-c5ccccc5)c34)cc2)cc1. The van der Waals surface area contributed by atoms with Gasteiger partial charge in [-0.05, 0) is 106 Å². The minimum atomic E-state index is 0.791. The monoisotopic (exact) mass is 896 g/mol. The van der Waals surface area contributed by atoms with Crippen molar-refractivity contribution in [3.63, 3.8) is 0 Å². The first-order valence-electron chi connectivity index (χ1n) is 23.7. The molecule has 0 unspecified atom stereocenters. The van der Waals surface area contributed by atoms with E-state index in [0.29, 0.717) is 0 Å². The number of benzene rings is 11. The summed E-state index contributed by atoms with van der Waals surface area (Å²) in [7, 11) is 0. The third kappa shape index (κ3) is 7.18. The molecule has 0 radical (unpaired) electrons. The average Bonchev–Trinajstić information content (AvgIpc) is 4.00. The second kappa shape index (κ2) is 17.4. The second-order valence-electron chi connectivity index (χ2n) is 17.6. The Bertz CT molecular complexity index is 3680. The number of para-hydroxylation sites is 2. The van der Waals surface area contributed by atoms with Gasteiger partial charge in [0, 0.05) is 78.9 Å². The molecular weight excluding hydrogens is 853 g/mol. The summed E-state index contributed by atoms with van der Waals surface area (Å²) in [6, 6.07) is 94.2. The van der Waals surface area contributed by atoms with Gasteiger partial charge in [-0.25, -0.2) is 0 Å². The lowest BCUT2D eigenvalue weighted by Gasteiger charge is -2.25. The van der Waals surface area contributed by atoms with Crippen LogP contribution >= 0.6 is 0 Å². The Morgan fingerprint density at radius 2 is 0.500 bits per heavy atom. The van der Waals surface area contributed by atoms with Crippen molar-refractivity contribution < 1.29 is 8.83 Å². The lowest BCUT2D eigenvalue weighted by molar-refractivity contribution is 0.665. The van der Waals surface area contributed by atoms with Gasteiger partial charge in [-0.2, -0.15) is 0 Å². The van der Waals surface area contributed by atoms with E-state index in [9.17, 15) is 0 Å². The van der Waals surface area contributed by atoms with Gasteiger partial charge in [0.2, 0.25) is 0 Å². The van der Waals surface area contributed by atoms with Crippen LogP contribution in [0.3, 0.4) is 0 Å². The number of nitrogens with zero attached hydrogens (tertiary/aromatic N) is 2. The fourth-order valence-corrected chi connectivity index (χ4v) is 10.2. The molecule has 2 heterocycles. The Kier molecular flexibility index (Phi) is 10.1. The molecule has 70 heavy (non-hydrogen) atoms. The largest absolute Gasteiger partial charge is 0.455 e. The van der Waals surface area contributed by atoms with Gasteiger partial charge in [0.15, 0.2) is 0 Å². The number of hydrogen-bond acceptors (Lipinski definition) is 4. The van der Waals surface area contributed by atoms with Gasteiger partial charge in [-0.15, -0.1) is 0 Å². The van der Waals surface area contributed by atoms with E-state index in [-0.39, 0.29) is 0 Å². The van der Waals surface area contributed by atoms with Crippen molar-refractivity contribution >= 4 is 78.0 Å². The summed E-state index contributed by atoms with van der Waals surface area (Å²) in [6.07, 6.45) is 0. The summed E-state index contributed by atoms with van der Waals surface area (Å²) < 4.78 is 14.6. The van der Waals surface area contributed by atoms with Crippen LogP contribution in [0.2, 0.25) is 0 Å². The first-order valence-corrected chi connectivity index (χ1v) is 23.7. The van der Waals surface area contributed by atoms with Crippen LogP contribution in [0.1, 0.15) is 0 Å². The zero-order valence-electron chi connectivity index (χ0n) is 38.1. The number of rotatable bonds is 10. The first kappa shape index (κ1) is 40.9. The molecule has 0 aliphatic heterocycles. The van der Waals surface area contributed by atoms with Crippen molar-refractivity contribution in [2.24, 2.45) is 0 Å². The number of furan rings is 2. The maximum atomic E-state index is 7.31. The molecule has 0 spiro atoms. The molecule has 0 fully saturated rings. The molecule has 0 saturated carbocycles. The van der Waals surface area contributed by atoms with E-state index in [1.807, 2.05) is 0 Å². The molecule has 4 nitrogen and oxygen atoms in total. The fraction of sp³-hybridized carbons (Fsp3) is 0. The maximum absolute atomic E-state index is 7.31. The normalized spacial score (nSPS) is 11.4. The summed E-state index contributed by atoms with van der Waals surface area (Å²) in [4.78, 5) is 4.59.